The predicted molar refractivity (Wildman–Crippen MR) is 214 cm³/mol. The molecular weight excluding hydrogens is 623 g/mol. The third kappa shape index (κ3) is 14.1. The minimum atomic E-state index is -0.430. The number of hydrogen-bond donors (Lipinski definition) is 0. The summed E-state index contributed by atoms with van der Waals surface area (Å²) in [6.07, 6.45) is 22.4. The molecule has 0 N–H and O–H groups in total. The Morgan fingerprint density at radius 3 is 1.45 bits per heavy atom. The second-order valence-corrected chi connectivity index (χ2v) is 14.3. The molecule has 3 heteroatoms. The molecule has 0 spiro atoms. The number of unbranched alkanes of at least 4 members (excludes halogenated alkanes) is 15. The van der Waals surface area contributed by atoms with E-state index in [1.807, 2.05) is 24.3 Å². The van der Waals surface area contributed by atoms with Crippen molar-refractivity contribution in [3.8, 4) is 6.07 Å². The van der Waals surface area contributed by atoms with Gasteiger partial charge in [0, 0.05) is 12.0 Å². The van der Waals surface area contributed by atoms with Gasteiger partial charge < -0.3 is 9.47 Å². The lowest BCUT2D eigenvalue weighted by Crippen LogP contribution is -2.37. The second-order valence-electron chi connectivity index (χ2n) is 14.3. The lowest BCUT2D eigenvalue weighted by molar-refractivity contribution is -0.0351. The van der Waals surface area contributed by atoms with Crippen molar-refractivity contribution in [2.24, 2.45) is 0 Å². The van der Waals surface area contributed by atoms with Gasteiger partial charge in [0.05, 0.1) is 31.0 Å². The molecule has 0 amide bonds. The van der Waals surface area contributed by atoms with Crippen LogP contribution in [0, 0.1) is 11.3 Å². The summed E-state index contributed by atoms with van der Waals surface area (Å²) >= 11 is 0. The van der Waals surface area contributed by atoms with Gasteiger partial charge in [-0.25, -0.2) is 0 Å². The Labute approximate surface area is 310 Å². The zero-order valence-electron chi connectivity index (χ0n) is 31.5. The first-order valence-electron chi connectivity index (χ1n) is 20.1. The third-order valence-electron chi connectivity index (χ3n) is 10.3. The number of nitrogens with zero attached hydrogens (tertiary/aromatic N) is 1. The molecule has 51 heavy (non-hydrogen) atoms. The summed E-state index contributed by atoms with van der Waals surface area (Å²) in [5, 5.41) is 9.48. The van der Waals surface area contributed by atoms with Crippen molar-refractivity contribution >= 4 is 0 Å². The van der Waals surface area contributed by atoms with E-state index in [1.165, 1.54) is 113 Å². The van der Waals surface area contributed by atoms with Crippen LogP contribution in [0.5, 0.6) is 0 Å². The molecule has 0 aliphatic rings. The summed E-state index contributed by atoms with van der Waals surface area (Å²) in [5.41, 5.74) is 4.93. The first-order valence-corrected chi connectivity index (χ1v) is 20.1. The average Bonchev–Trinajstić information content (AvgIpc) is 3.19. The fourth-order valence-electron chi connectivity index (χ4n) is 7.44. The normalized spacial score (nSPS) is 12.1. The summed E-state index contributed by atoms with van der Waals surface area (Å²) in [6, 6.07) is 42.5. The Bertz CT molecular complexity index is 1380. The molecule has 0 fully saturated rings. The largest absolute Gasteiger partial charge is 0.379 e. The summed E-state index contributed by atoms with van der Waals surface area (Å²) in [5.74, 6) is 0. The minimum absolute atomic E-state index is 0.169. The first kappa shape index (κ1) is 40.1. The highest BCUT2D eigenvalue weighted by Crippen LogP contribution is 2.43. The van der Waals surface area contributed by atoms with Crippen LogP contribution in [-0.2, 0) is 21.5 Å². The van der Waals surface area contributed by atoms with E-state index >= 15 is 0 Å². The van der Waals surface area contributed by atoms with Crippen LogP contribution in [0.2, 0.25) is 0 Å². The molecule has 4 rings (SSSR count). The quantitative estimate of drug-likeness (QED) is 0.0463. The zero-order valence-corrected chi connectivity index (χ0v) is 31.5. The molecule has 0 aliphatic carbocycles. The van der Waals surface area contributed by atoms with E-state index < -0.39 is 5.41 Å². The molecule has 4 aromatic carbocycles. The number of hydrogen-bond acceptors (Lipinski definition) is 3. The second kappa shape index (κ2) is 24.5. The van der Waals surface area contributed by atoms with Crippen molar-refractivity contribution in [2.45, 2.75) is 134 Å². The highest BCUT2D eigenvalue weighted by molar-refractivity contribution is 5.50. The summed E-state index contributed by atoms with van der Waals surface area (Å²) < 4.78 is 13.2. The molecule has 4 aromatic rings. The molecule has 0 heterocycles. The molecule has 3 nitrogen and oxygen atoms in total. The third-order valence-corrected chi connectivity index (χ3v) is 10.3. The van der Waals surface area contributed by atoms with Gasteiger partial charge in [0.1, 0.15) is 0 Å². The van der Waals surface area contributed by atoms with Gasteiger partial charge in [-0.3, -0.25) is 0 Å². The Morgan fingerprint density at radius 1 is 0.549 bits per heavy atom. The molecule has 0 aliphatic heterocycles. The SMILES string of the molecule is CCCCCCCCCCCCCCCCCCOC[C@@H](CC(c1ccccc1)(c1ccccc1)c1ccccc1)OCc1cccc(C#N)c1. The number of ether oxygens (including phenoxy) is 2. The van der Waals surface area contributed by atoms with Crippen molar-refractivity contribution in [3.05, 3.63) is 143 Å². The molecule has 0 aromatic heterocycles. The van der Waals surface area contributed by atoms with Crippen molar-refractivity contribution in [1.82, 2.24) is 0 Å². The van der Waals surface area contributed by atoms with Crippen LogP contribution in [0.4, 0.5) is 0 Å². The zero-order chi connectivity index (χ0) is 35.7. The number of rotatable bonds is 27. The summed E-state index contributed by atoms with van der Waals surface area (Å²) in [7, 11) is 0. The molecule has 272 valence electrons. The van der Waals surface area contributed by atoms with Gasteiger partial charge in [0.2, 0.25) is 0 Å². The molecule has 0 saturated carbocycles. The maximum absolute atomic E-state index is 9.48. The monoisotopic (exact) mass is 685 g/mol. The van der Waals surface area contributed by atoms with Gasteiger partial charge in [0.25, 0.3) is 0 Å². The number of benzene rings is 4. The molecular formula is C48H63NO2. The smallest absolute Gasteiger partial charge is 0.0991 e. The van der Waals surface area contributed by atoms with E-state index in [-0.39, 0.29) is 6.10 Å². The Balaban J connectivity index is 1.30. The van der Waals surface area contributed by atoms with Crippen LogP contribution in [0.25, 0.3) is 0 Å². The average molecular weight is 686 g/mol. The van der Waals surface area contributed by atoms with Gasteiger partial charge >= 0.3 is 0 Å². The van der Waals surface area contributed by atoms with Gasteiger partial charge in [-0.05, 0) is 47.2 Å². The molecule has 0 bridgehead atoms. The minimum Gasteiger partial charge on any atom is -0.379 e. The summed E-state index contributed by atoms with van der Waals surface area (Å²) in [4.78, 5) is 0. The molecule has 0 radical (unpaired) electrons. The van der Waals surface area contributed by atoms with Crippen molar-refractivity contribution in [1.29, 1.82) is 5.26 Å². The summed E-state index contributed by atoms with van der Waals surface area (Å²) in [6.45, 7) is 3.99. The van der Waals surface area contributed by atoms with E-state index in [0.29, 0.717) is 18.8 Å². The van der Waals surface area contributed by atoms with Gasteiger partial charge in [-0.15, -0.1) is 0 Å². The molecule has 0 unspecified atom stereocenters. The molecule has 1 atom stereocenters. The van der Waals surface area contributed by atoms with Crippen molar-refractivity contribution in [3.63, 3.8) is 0 Å². The topological polar surface area (TPSA) is 42.2 Å². The Hall–Kier alpha value is -3.71. The Morgan fingerprint density at radius 2 is 1.00 bits per heavy atom. The maximum Gasteiger partial charge on any atom is 0.0991 e. The lowest BCUT2D eigenvalue weighted by atomic mass is 9.66. The Kier molecular flexibility index (Phi) is 19.2. The van der Waals surface area contributed by atoms with E-state index in [9.17, 15) is 5.26 Å². The van der Waals surface area contributed by atoms with Crippen molar-refractivity contribution < 1.29 is 9.47 Å². The van der Waals surface area contributed by atoms with Crippen molar-refractivity contribution in [2.75, 3.05) is 13.2 Å². The maximum atomic E-state index is 9.48. The van der Waals surface area contributed by atoms with Crippen LogP contribution >= 0.6 is 0 Å². The predicted octanol–water partition coefficient (Wildman–Crippen LogP) is 13.1. The standard InChI is InChI=1S/C48H63NO2/c1-2-3-4-5-6-7-8-9-10-11-12-13-14-15-16-26-36-50-41-47(51-40-43-29-27-28-42(37-43)39-49)38-48(44-30-20-17-21-31-44,45-32-22-18-23-33-45)46-34-24-19-25-35-46/h17-25,27-35,37,47H,2-16,26,36,38,40-41H2,1H3/t47-/m1/s1. The van der Waals surface area contributed by atoms with Gasteiger partial charge in [-0.2, -0.15) is 5.26 Å². The highest BCUT2D eigenvalue weighted by Gasteiger charge is 2.39. The van der Waals surface area contributed by atoms with E-state index in [0.717, 1.165) is 25.0 Å². The fraction of sp³-hybridized carbons (Fsp3) is 0.479. The van der Waals surface area contributed by atoms with E-state index in [2.05, 4.69) is 104 Å². The van der Waals surface area contributed by atoms with Gasteiger partial charge in [0.15, 0.2) is 0 Å². The molecule has 0 saturated heterocycles. The fourth-order valence-corrected chi connectivity index (χ4v) is 7.44. The van der Waals surface area contributed by atoms with E-state index in [4.69, 9.17) is 9.47 Å². The van der Waals surface area contributed by atoms with E-state index in [1.54, 1.807) is 0 Å². The van der Waals surface area contributed by atoms with Crippen LogP contribution in [0.3, 0.4) is 0 Å². The van der Waals surface area contributed by atoms with Crippen LogP contribution in [0.15, 0.2) is 115 Å². The van der Waals surface area contributed by atoms with Crippen LogP contribution < -0.4 is 0 Å². The van der Waals surface area contributed by atoms with Gasteiger partial charge in [-0.1, -0.05) is 206 Å². The number of nitriles is 1. The first-order chi connectivity index (χ1) is 25.3. The van der Waals surface area contributed by atoms with Crippen LogP contribution in [-0.4, -0.2) is 19.3 Å². The highest BCUT2D eigenvalue weighted by atomic mass is 16.5. The lowest BCUT2D eigenvalue weighted by Gasteiger charge is -2.39. The van der Waals surface area contributed by atoms with Crippen LogP contribution in [0.1, 0.15) is 144 Å².